The van der Waals surface area contributed by atoms with E-state index in [0.29, 0.717) is 0 Å². The maximum Gasteiger partial charge on any atom is 0.00722 e. The average molecular weight is 139 g/mol. The van der Waals surface area contributed by atoms with E-state index >= 15 is 0 Å². The molecule has 10 heavy (non-hydrogen) atoms. The first-order chi connectivity index (χ1) is 4.84. The van der Waals surface area contributed by atoms with Crippen LogP contribution >= 0.6 is 0 Å². The molecule has 2 aliphatic carbocycles. The van der Waals surface area contributed by atoms with Gasteiger partial charge in [0, 0.05) is 12.1 Å². The Morgan fingerprint density at radius 1 is 1.00 bits per heavy atom. The minimum Gasteiger partial charge on any atom is -0.311 e. The summed E-state index contributed by atoms with van der Waals surface area (Å²) in [4.78, 5) is 0. The largest absolute Gasteiger partial charge is 0.311 e. The Kier molecular flexibility index (Phi) is 1.69. The molecule has 1 N–H and O–H groups in total. The lowest BCUT2D eigenvalue weighted by molar-refractivity contribution is 0.500. The third kappa shape index (κ3) is 1.51. The fraction of sp³-hybridized carbons (Fsp3) is 1.00. The number of rotatable bonds is 2. The summed E-state index contributed by atoms with van der Waals surface area (Å²) in [6, 6.07) is 1.79. The van der Waals surface area contributed by atoms with E-state index in [2.05, 4.69) is 12.2 Å². The molecule has 0 saturated heterocycles. The van der Waals surface area contributed by atoms with Crippen LogP contribution in [0.15, 0.2) is 0 Å². The van der Waals surface area contributed by atoms with Gasteiger partial charge in [-0.3, -0.25) is 0 Å². The van der Waals surface area contributed by atoms with Crippen LogP contribution in [0.2, 0.25) is 0 Å². The smallest absolute Gasteiger partial charge is 0.00722 e. The van der Waals surface area contributed by atoms with E-state index < -0.39 is 0 Å². The minimum absolute atomic E-state index is 0.877. The summed E-state index contributed by atoms with van der Waals surface area (Å²) >= 11 is 0. The standard InChI is InChI=1S/C9H17N/c1-7-2-3-9(6-7)10-8-4-5-8/h7-10H,2-6H2,1H3/t7-,9+/m0/s1. The Balaban J connectivity index is 1.72. The van der Waals surface area contributed by atoms with Crippen LogP contribution in [0.1, 0.15) is 39.0 Å². The molecule has 2 atom stereocenters. The Bertz CT molecular complexity index is 118. The van der Waals surface area contributed by atoms with Crippen LogP contribution in [0.4, 0.5) is 0 Å². The molecule has 2 fully saturated rings. The van der Waals surface area contributed by atoms with Crippen molar-refractivity contribution < 1.29 is 0 Å². The van der Waals surface area contributed by atoms with Gasteiger partial charge in [0.1, 0.15) is 0 Å². The van der Waals surface area contributed by atoms with Crippen LogP contribution in [0.5, 0.6) is 0 Å². The van der Waals surface area contributed by atoms with Crippen molar-refractivity contribution in [2.75, 3.05) is 0 Å². The van der Waals surface area contributed by atoms with Gasteiger partial charge in [0.15, 0.2) is 0 Å². The molecule has 0 aromatic heterocycles. The molecule has 0 unspecified atom stereocenters. The predicted octanol–water partition coefficient (Wildman–Crippen LogP) is 1.93. The maximum atomic E-state index is 3.68. The van der Waals surface area contributed by atoms with Gasteiger partial charge < -0.3 is 5.32 Å². The Hall–Kier alpha value is -0.0400. The van der Waals surface area contributed by atoms with Crippen molar-refractivity contribution in [1.82, 2.24) is 5.32 Å². The quantitative estimate of drug-likeness (QED) is 0.616. The molecule has 0 bridgehead atoms. The molecule has 0 radical (unpaired) electrons. The molecule has 0 aromatic rings. The van der Waals surface area contributed by atoms with E-state index in [9.17, 15) is 0 Å². The Morgan fingerprint density at radius 3 is 2.20 bits per heavy atom. The summed E-state index contributed by atoms with van der Waals surface area (Å²) in [5.41, 5.74) is 0. The molecule has 0 spiro atoms. The number of nitrogens with one attached hydrogen (secondary N) is 1. The number of hydrogen-bond acceptors (Lipinski definition) is 1. The van der Waals surface area contributed by atoms with Crippen LogP contribution in [-0.2, 0) is 0 Å². The molecule has 1 heteroatoms. The molecule has 1 nitrogen and oxygen atoms in total. The van der Waals surface area contributed by atoms with Gasteiger partial charge in [-0.25, -0.2) is 0 Å². The Labute approximate surface area is 63.2 Å². The molecular formula is C9H17N. The maximum absolute atomic E-state index is 3.68. The molecule has 0 heterocycles. The lowest BCUT2D eigenvalue weighted by atomic mass is 10.1. The van der Waals surface area contributed by atoms with Gasteiger partial charge in [-0.15, -0.1) is 0 Å². The van der Waals surface area contributed by atoms with E-state index in [1.165, 1.54) is 32.1 Å². The van der Waals surface area contributed by atoms with Crippen LogP contribution in [-0.4, -0.2) is 12.1 Å². The van der Waals surface area contributed by atoms with Crippen LogP contribution in [0.3, 0.4) is 0 Å². The van der Waals surface area contributed by atoms with Crippen molar-refractivity contribution in [3.8, 4) is 0 Å². The van der Waals surface area contributed by atoms with Gasteiger partial charge in [0.05, 0.1) is 0 Å². The molecule has 2 rings (SSSR count). The summed E-state index contributed by atoms with van der Waals surface area (Å²) in [6.45, 7) is 2.37. The third-order valence-electron chi connectivity index (χ3n) is 2.74. The summed E-state index contributed by atoms with van der Waals surface area (Å²) < 4.78 is 0. The highest BCUT2D eigenvalue weighted by molar-refractivity contribution is 4.88. The van der Waals surface area contributed by atoms with E-state index in [4.69, 9.17) is 0 Å². The fourth-order valence-corrected chi connectivity index (χ4v) is 1.94. The zero-order valence-corrected chi connectivity index (χ0v) is 6.77. The lowest BCUT2D eigenvalue weighted by Crippen LogP contribution is -2.28. The van der Waals surface area contributed by atoms with E-state index in [0.717, 1.165) is 18.0 Å². The highest BCUT2D eigenvalue weighted by Gasteiger charge is 2.28. The lowest BCUT2D eigenvalue weighted by Gasteiger charge is -2.10. The molecular weight excluding hydrogens is 122 g/mol. The van der Waals surface area contributed by atoms with Crippen molar-refractivity contribution in [3.05, 3.63) is 0 Å². The summed E-state index contributed by atoms with van der Waals surface area (Å²) in [5.74, 6) is 0.983. The molecule has 2 saturated carbocycles. The molecule has 2 aliphatic rings. The average Bonchev–Trinajstić information content (AvgIpc) is 2.59. The van der Waals surface area contributed by atoms with Crippen molar-refractivity contribution in [1.29, 1.82) is 0 Å². The van der Waals surface area contributed by atoms with Gasteiger partial charge in [0.25, 0.3) is 0 Å². The second-order valence-corrected chi connectivity index (χ2v) is 4.06. The van der Waals surface area contributed by atoms with Crippen molar-refractivity contribution in [3.63, 3.8) is 0 Å². The molecule has 0 aliphatic heterocycles. The summed E-state index contributed by atoms with van der Waals surface area (Å²) in [7, 11) is 0. The van der Waals surface area contributed by atoms with Crippen molar-refractivity contribution in [2.45, 2.75) is 51.1 Å². The highest BCUT2D eigenvalue weighted by Crippen LogP contribution is 2.28. The normalized spacial score (nSPS) is 40.5. The van der Waals surface area contributed by atoms with Gasteiger partial charge in [-0.1, -0.05) is 6.92 Å². The molecule has 0 amide bonds. The second-order valence-electron chi connectivity index (χ2n) is 4.06. The summed E-state index contributed by atoms with van der Waals surface area (Å²) in [5, 5.41) is 3.68. The molecule has 58 valence electrons. The second kappa shape index (κ2) is 2.54. The van der Waals surface area contributed by atoms with Gasteiger partial charge >= 0.3 is 0 Å². The molecule has 0 aromatic carbocycles. The van der Waals surface area contributed by atoms with Crippen molar-refractivity contribution >= 4 is 0 Å². The highest BCUT2D eigenvalue weighted by atomic mass is 15.0. The van der Waals surface area contributed by atoms with Gasteiger partial charge in [0.2, 0.25) is 0 Å². The first-order valence-electron chi connectivity index (χ1n) is 4.60. The third-order valence-corrected chi connectivity index (χ3v) is 2.74. The number of hydrogen-bond donors (Lipinski definition) is 1. The fourth-order valence-electron chi connectivity index (χ4n) is 1.94. The predicted molar refractivity (Wildman–Crippen MR) is 43.0 cm³/mol. The zero-order chi connectivity index (χ0) is 6.97. The SMILES string of the molecule is C[C@H]1CC[C@@H](NC2CC2)C1. The topological polar surface area (TPSA) is 12.0 Å². The first kappa shape index (κ1) is 6.66. The summed E-state index contributed by atoms with van der Waals surface area (Å²) in [6.07, 6.45) is 7.17. The van der Waals surface area contributed by atoms with E-state index in [-0.39, 0.29) is 0 Å². The first-order valence-corrected chi connectivity index (χ1v) is 4.60. The zero-order valence-electron chi connectivity index (χ0n) is 6.77. The van der Waals surface area contributed by atoms with Crippen LogP contribution in [0.25, 0.3) is 0 Å². The van der Waals surface area contributed by atoms with Gasteiger partial charge in [-0.05, 0) is 38.0 Å². The van der Waals surface area contributed by atoms with E-state index in [1.54, 1.807) is 0 Å². The van der Waals surface area contributed by atoms with Crippen LogP contribution < -0.4 is 5.32 Å². The van der Waals surface area contributed by atoms with Crippen molar-refractivity contribution in [2.24, 2.45) is 5.92 Å². The monoisotopic (exact) mass is 139 g/mol. The minimum atomic E-state index is 0.877. The van der Waals surface area contributed by atoms with Crippen LogP contribution in [0, 0.1) is 5.92 Å². The van der Waals surface area contributed by atoms with Gasteiger partial charge in [-0.2, -0.15) is 0 Å². The Morgan fingerprint density at radius 2 is 1.70 bits per heavy atom. The van der Waals surface area contributed by atoms with E-state index in [1.807, 2.05) is 0 Å².